The van der Waals surface area contributed by atoms with Crippen LogP contribution in [-0.2, 0) is 6.18 Å². The molecule has 3 aromatic rings. The number of hydrogen-bond donors (Lipinski definition) is 0. The second-order valence-electron chi connectivity index (χ2n) is 4.94. The van der Waals surface area contributed by atoms with Crippen LogP contribution in [0.5, 0.6) is 5.75 Å². The van der Waals surface area contributed by atoms with Crippen molar-refractivity contribution in [2.24, 2.45) is 0 Å². The van der Waals surface area contributed by atoms with Crippen molar-refractivity contribution in [3.8, 4) is 16.9 Å². The van der Waals surface area contributed by atoms with Gasteiger partial charge in [-0.25, -0.2) is 4.98 Å². The number of fused-ring (bicyclic) bond motifs is 1. The molecule has 0 spiro atoms. The van der Waals surface area contributed by atoms with Crippen LogP contribution in [0.3, 0.4) is 0 Å². The number of alkyl halides is 3. The molecule has 8 heteroatoms. The van der Waals surface area contributed by atoms with Crippen LogP contribution in [0.4, 0.5) is 13.2 Å². The Balaban J connectivity index is 2.40. The van der Waals surface area contributed by atoms with Crippen LogP contribution in [0.2, 0.25) is 0 Å². The molecule has 0 aliphatic rings. The zero-order valence-electron chi connectivity index (χ0n) is 12.3. The van der Waals surface area contributed by atoms with E-state index in [0.29, 0.717) is 10.2 Å². The number of rotatable bonds is 2. The van der Waals surface area contributed by atoms with Crippen LogP contribution >= 0.6 is 15.9 Å². The molecule has 2 aromatic heterocycles. The van der Waals surface area contributed by atoms with Crippen molar-refractivity contribution in [2.45, 2.75) is 6.18 Å². The fraction of sp³-hybridized carbons (Fsp3) is 0.125. The van der Waals surface area contributed by atoms with E-state index in [1.54, 1.807) is 12.1 Å². The summed E-state index contributed by atoms with van der Waals surface area (Å²) in [5.74, 6) is 0.311. The molecular weight excluding hydrogens is 389 g/mol. The van der Waals surface area contributed by atoms with Crippen molar-refractivity contribution in [3.05, 3.63) is 63.1 Å². The summed E-state index contributed by atoms with van der Waals surface area (Å²) in [5, 5.41) is 0. The van der Waals surface area contributed by atoms with E-state index in [4.69, 9.17) is 4.74 Å². The zero-order chi connectivity index (χ0) is 17.5. The van der Waals surface area contributed by atoms with Crippen molar-refractivity contribution in [1.29, 1.82) is 0 Å². The van der Waals surface area contributed by atoms with Gasteiger partial charge in [-0.05, 0) is 23.8 Å². The average Bonchev–Trinajstić information content (AvgIpc) is 2.54. The molecule has 0 atom stereocenters. The fourth-order valence-electron chi connectivity index (χ4n) is 2.33. The first-order chi connectivity index (χ1) is 11.3. The Labute approximate surface area is 142 Å². The van der Waals surface area contributed by atoms with Crippen LogP contribution in [0.15, 0.2) is 51.9 Å². The van der Waals surface area contributed by atoms with Crippen LogP contribution in [-0.4, -0.2) is 16.5 Å². The highest BCUT2D eigenvalue weighted by molar-refractivity contribution is 9.10. The minimum atomic E-state index is -4.76. The summed E-state index contributed by atoms with van der Waals surface area (Å²) < 4.78 is 47.1. The maximum atomic E-state index is 13.5. The van der Waals surface area contributed by atoms with Gasteiger partial charge in [-0.2, -0.15) is 13.2 Å². The molecule has 3 rings (SSSR count). The Morgan fingerprint density at radius 1 is 1.17 bits per heavy atom. The molecule has 1 aromatic carbocycles. The Kier molecular flexibility index (Phi) is 4.08. The molecule has 0 bridgehead atoms. The largest absolute Gasteiger partial charge is 0.497 e. The molecule has 0 radical (unpaired) electrons. The standard InChI is InChI=1S/C16H10BrF3N2O2/c1-24-11-6-7-22-12(8-11)21-14(16(18,19)20)13(15(22)23)9-2-4-10(17)5-3-9/h2-8H,1H3. The molecule has 4 nitrogen and oxygen atoms in total. The van der Waals surface area contributed by atoms with Gasteiger partial charge in [0.15, 0.2) is 5.69 Å². The maximum Gasteiger partial charge on any atom is 0.434 e. The third-order valence-corrected chi connectivity index (χ3v) is 3.97. The van der Waals surface area contributed by atoms with E-state index >= 15 is 0 Å². The lowest BCUT2D eigenvalue weighted by molar-refractivity contribution is -0.140. The van der Waals surface area contributed by atoms with Crippen LogP contribution < -0.4 is 10.3 Å². The summed E-state index contributed by atoms with van der Waals surface area (Å²) in [6.45, 7) is 0. The van der Waals surface area contributed by atoms with Gasteiger partial charge in [0.25, 0.3) is 5.56 Å². The maximum absolute atomic E-state index is 13.5. The molecule has 0 fully saturated rings. The molecule has 0 saturated carbocycles. The number of pyridine rings is 1. The minimum absolute atomic E-state index is 0.132. The smallest absolute Gasteiger partial charge is 0.434 e. The fourth-order valence-corrected chi connectivity index (χ4v) is 2.59. The predicted octanol–water partition coefficient (Wildman–Crippen LogP) is 4.15. The molecule has 0 aliphatic heterocycles. The van der Waals surface area contributed by atoms with Gasteiger partial charge in [-0.3, -0.25) is 9.20 Å². The average molecular weight is 399 g/mol. The molecule has 124 valence electrons. The van der Waals surface area contributed by atoms with E-state index in [-0.39, 0.29) is 11.2 Å². The van der Waals surface area contributed by atoms with Gasteiger partial charge in [-0.1, -0.05) is 28.1 Å². The van der Waals surface area contributed by atoms with E-state index in [0.717, 1.165) is 4.40 Å². The SMILES string of the molecule is COc1ccn2c(=O)c(-c3ccc(Br)cc3)c(C(F)(F)F)nc2c1. The number of hydrogen-bond acceptors (Lipinski definition) is 3. The lowest BCUT2D eigenvalue weighted by atomic mass is 10.0. The third kappa shape index (κ3) is 2.89. The summed E-state index contributed by atoms with van der Waals surface area (Å²) in [5.41, 5.74) is -2.49. The van der Waals surface area contributed by atoms with E-state index in [1.807, 2.05) is 0 Å². The molecule has 0 amide bonds. The number of methoxy groups -OCH3 is 1. The molecule has 0 saturated heterocycles. The molecule has 2 heterocycles. The number of nitrogens with zero attached hydrogens (tertiary/aromatic N) is 2. The highest BCUT2D eigenvalue weighted by atomic mass is 79.9. The first kappa shape index (κ1) is 16.5. The van der Waals surface area contributed by atoms with E-state index in [1.165, 1.54) is 37.6 Å². The Bertz CT molecular complexity index is 966. The topological polar surface area (TPSA) is 43.6 Å². The first-order valence-corrected chi connectivity index (χ1v) is 7.54. The summed E-state index contributed by atoms with van der Waals surface area (Å²) in [6.07, 6.45) is -3.43. The molecule has 24 heavy (non-hydrogen) atoms. The number of benzene rings is 1. The van der Waals surface area contributed by atoms with Gasteiger partial charge in [0.2, 0.25) is 0 Å². The van der Waals surface area contributed by atoms with Crippen LogP contribution in [0.25, 0.3) is 16.8 Å². The molecule has 0 N–H and O–H groups in total. The zero-order valence-corrected chi connectivity index (χ0v) is 13.9. The lowest BCUT2D eigenvalue weighted by Crippen LogP contribution is -2.24. The Morgan fingerprint density at radius 3 is 2.42 bits per heavy atom. The highest BCUT2D eigenvalue weighted by Crippen LogP contribution is 2.34. The second-order valence-corrected chi connectivity index (χ2v) is 5.86. The van der Waals surface area contributed by atoms with Gasteiger partial charge in [0, 0.05) is 16.7 Å². The molecule has 0 aliphatic carbocycles. The summed E-state index contributed by atoms with van der Waals surface area (Å²) in [4.78, 5) is 16.3. The quantitative estimate of drug-likeness (QED) is 0.651. The molecular formula is C16H10BrF3N2O2. The van der Waals surface area contributed by atoms with Crippen molar-refractivity contribution in [1.82, 2.24) is 9.38 Å². The highest BCUT2D eigenvalue weighted by Gasteiger charge is 2.38. The Morgan fingerprint density at radius 2 is 1.83 bits per heavy atom. The van der Waals surface area contributed by atoms with Gasteiger partial charge < -0.3 is 4.74 Å². The second kappa shape index (κ2) is 5.94. The van der Waals surface area contributed by atoms with Crippen LogP contribution in [0, 0.1) is 0 Å². The predicted molar refractivity (Wildman–Crippen MR) is 86.2 cm³/mol. The van der Waals surface area contributed by atoms with Crippen molar-refractivity contribution in [2.75, 3.05) is 7.11 Å². The third-order valence-electron chi connectivity index (χ3n) is 3.44. The normalized spacial score (nSPS) is 11.7. The van der Waals surface area contributed by atoms with Gasteiger partial charge in [0.1, 0.15) is 11.4 Å². The summed E-state index contributed by atoms with van der Waals surface area (Å²) >= 11 is 3.22. The van der Waals surface area contributed by atoms with Gasteiger partial charge in [-0.15, -0.1) is 0 Å². The monoisotopic (exact) mass is 398 g/mol. The summed E-state index contributed by atoms with van der Waals surface area (Å²) in [6, 6.07) is 8.77. The number of aromatic nitrogens is 2. The van der Waals surface area contributed by atoms with Crippen molar-refractivity contribution in [3.63, 3.8) is 0 Å². The van der Waals surface area contributed by atoms with Crippen molar-refractivity contribution < 1.29 is 17.9 Å². The lowest BCUT2D eigenvalue weighted by Gasteiger charge is -2.14. The van der Waals surface area contributed by atoms with Gasteiger partial charge >= 0.3 is 6.18 Å². The summed E-state index contributed by atoms with van der Waals surface area (Å²) in [7, 11) is 1.38. The first-order valence-electron chi connectivity index (χ1n) is 6.75. The van der Waals surface area contributed by atoms with Gasteiger partial charge in [0.05, 0.1) is 12.7 Å². The van der Waals surface area contributed by atoms with E-state index in [2.05, 4.69) is 20.9 Å². The van der Waals surface area contributed by atoms with Crippen molar-refractivity contribution >= 4 is 21.6 Å². The van der Waals surface area contributed by atoms with E-state index in [9.17, 15) is 18.0 Å². The molecule has 0 unspecified atom stereocenters. The number of halogens is 4. The van der Waals surface area contributed by atoms with Crippen LogP contribution in [0.1, 0.15) is 5.69 Å². The minimum Gasteiger partial charge on any atom is -0.497 e. The Hall–Kier alpha value is -2.35. The van der Waals surface area contributed by atoms with E-state index < -0.39 is 23.0 Å². The number of ether oxygens (including phenoxy) is 1.